The average molecular weight is 537 g/mol. The van der Waals surface area contributed by atoms with Gasteiger partial charge >= 0.3 is 0 Å². The van der Waals surface area contributed by atoms with Gasteiger partial charge in [0.05, 0.1) is 25.6 Å². The lowest BCUT2D eigenvalue weighted by molar-refractivity contribution is 0.0219. The van der Waals surface area contributed by atoms with Crippen LogP contribution in [0, 0.1) is 0 Å². The summed E-state index contributed by atoms with van der Waals surface area (Å²) in [7, 11) is -5.22. The van der Waals surface area contributed by atoms with Crippen molar-refractivity contribution >= 4 is 18.4 Å². The molecule has 7 heteroatoms. The summed E-state index contributed by atoms with van der Waals surface area (Å²) in [4.78, 5) is 0. The molecule has 0 fully saturated rings. The number of ether oxygens (including phenoxy) is 1. The number of benzene rings is 2. The van der Waals surface area contributed by atoms with Gasteiger partial charge in [-0.15, -0.1) is 0 Å². The molecule has 0 bridgehead atoms. The molecule has 0 aliphatic carbocycles. The Kier molecular flexibility index (Phi) is 13.0. The molecule has 1 atom stereocenters. The van der Waals surface area contributed by atoms with Crippen LogP contribution >= 0.6 is 0 Å². The second-order valence-corrected chi connectivity index (χ2v) is 18.2. The van der Waals surface area contributed by atoms with E-state index in [4.69, 9.17) is 13.3 Å². The molecule has 0 spiro atoms. The van der Waals surface area contributed by atoms with Crippen molar-refractivity contribution in [1.82, 2.24) is 0 Å². The van der Waals surface area contributed by atoms with E-state index in [2.05, 4.69) is 97.1 Å². The van der Waals surface area contributed by atoms with Gasteiger partial charge < -0.3 is 9.16 Å². The molecular formula is C29H48O5SSi. The number of hydrogen-bond donors (Lipinski definition) is 0. The third-order valence-electron chi connectivity index (χ3n) is 6.39. The van der Waals surface area contributed by atoms with Crippen LogP contribution < -0.4 is 0 Å². The first kappa shape index (κ1) is 32.5. The third-order valence-corrected chi connectivity index (χ3v) is 11.5. The molecule has 5 nitrogen and oxygen atoms in total. The monoisotopic (exact) mass is 536 g/mol. The zero-order chi connectivity index (χ0) is 27.5. The van der Waals surface area contributed by atoms with Gasteiger partial charge in [-0.05, 0) is 47.5 Å². The van der Waals surface area contributed by atoms with Crippen LogP contribution in [0.15, 0.2) is 60.7 Å². The smallest absolute Gasteiger partial charge is 0.264 e. The Morgan fingerprint density at radius 1 is 0.806 bits per heavy atom. The molecule has 0 saturated heterocycles. The lowest BCUT2D eigenvalue weighted by Gasteiger charge is -2.36. The van der Waals surface area contributed by atoms with Crippen molar-refractivity contribution in [2.45, 2.75) is 84.0 Å². The van der Waals surface area contributed by atoms with Crippen LogP contribution in [0.2, 0.25) is 18.1 Å². The Bertz CT molecular complexity index is 962. The Labute approximate surface area is 221 Å². The summed E-state index contributed by atoms with van der Waals surface area (Å²) in [6.45, 7) is 18.7. The summed E-state index contributed by atoms with van der Waals surface area (Å²) in [6.07, 6.45) is 2.54. The fourth-order valence-electron chi connectivity index (χ4n) is 3.12. The quantitative estimate of drug-likeness (QED) is 0.176. The molecule has 2 aromatic carbocycles. The second-order valence-electron chi connectivity index (χ2n) is 11.7. The molecule has 0 aromatic heterocycles. The summed E-state index contributed by atoms with van der Waals surface area (Å²) in [5.74, 6) is 0. The van der Waals surface area contributed by atoms with Crippen LogP contribution in [0.4, 0.5) is 0 Å². The van der Waals surface area contributed by atoms with Gasteiger partial charge in [-0.3, -0.25) is 4.18 Å². The van der Waals surface area contributed by atoms with Gasteiger partial charge in [0, 0.05) is 6.61 Å². The summed E-state index contributed by atoms with van der Waals surface area (Å²) < 4.78 is 39.0. The van der Waals surface area contributed by atoms with Gasteiger partial charge in [0.25, 0.3) is 10.1 Å². The van der Waals surface area contributed by atoms with Crippen molar-refractivity contribution in [2.75, 3.05) is 26.1 Å². The minimum Gasteiger partial charge on any atom is -0.417 e. The standard InChI is InChI=1S/C19H34O5SSi.C10H14/c1-19(2,3)26(5,6)24-13-12-18(16-17-10-8-7-9-11-17)22-14-15-23-25(4,20)21;1-10(2,3)9-7-5-4-6-8-9/h7-11,18H,12-16H2,1-6H3;4-8H,1-3H3. The van der Waals surface area contributed by atoms with E-state index >= 15 is 0 Å². The fraction of sp³-hybridized carbons (Fsp3) is 0.586. The van der Waals surface area contributed by atoms with Gasteiger partial charge in [0.2, 0.25) is 0 Å². The summed E-state index contributed by atoms with van der Waals surface area (Å²) in [6, 6.07) is 20.7. The zero-order valence-corrected chi connectivity index (χ0v) is 25.7. The van der Waals surface area contributed by atoms with Gasteiger partial charge in [-0.1, -0.05) is 102 Å². The molecule has 36 heavy (non-hydrogen) atoms. The van der Waals surface area contributed by atoms with Crippen molar-refractivity contribution in [3.8, 4) is 0 Å². The van der Waals surface area contributed by atoms with E-state index in [0.717, 1.165) is 19.1 Å². The normalized spacial score (nSPS) is 13.6. The molecular weight excluding hydrogens is 488 g/mol. The van der Waals surface area contributed by atoms with Crippen molar-refractivity contribution in [3.05, 3.63) is 71.8 Å². The van der Waals surface area contributed by atoms with Crippen molar-refractivity contribution < 1.29 is 21.8 Å². The predicted octanol–water partition coefficient (Wildman–Crippen LogP) is 6.99. The average Bonchev–Trinajstić information content (AvgIpc) is 2.76. The lowest BCUT2D eigenvalue weighted by atomic mass is 9.87. The Morgan fingerprint density at radius 3 is 1.78 bits per heavy atom. The minimum atomic E-state index is -3.43. The molecule has 2 rings (SSSR count). The first-order valence-electron chi connectivity index (χ1n) is 12.7. The number of rotatable bonds is 11. The molecule has 0 amide bonds. The predicted molar refractivity (Wildman–Crippen MR) is 154 cm³/mol. The molecule has 0 aliphatic rings. The Morgan fingerprint density at radius 2 is 1.33 bits per heavy atom. The van der Waals surface area contributed by atoms with Crippen LogP contribution in [-0.4, -0.2) is 48.9 Å². The highest BCUT2D eigenvalue weighted by atomic mass is 32.2. The summed E-state index contributed by atoms with van der Waals surface area (Å²) >= 11 is 0. The van der Waals surface area contributed by atoms with E-state index in [1.807, 2.05) is 18.2 Å². The van der Waals surface area contributed by atoms with E-state index in [-0.39, 0.29) is 24.4 Å². The van der Waals surface area contributed by atoms with E-state index in [1.54, 1.807) is 0 Å². The SMILES string of the molecule is CC(C)(C)[Si](C)(C)OCCC(Cc1ccccc1)OCCOS(C)(=O)=O.CC(C)(C)c1ccccc1. The lowest BCUT2D eigenvalue weighted by Crippen LogP contribution is -2.41. The van der Waals surface area contributed by atoms with E-state index in [1.165, 1.54) is 11.1 Å². The summed E-state index contributed by atoms with van der Waals surface area (Å²) in [5, 5.41) is 0.173. The van der Waals surface area contributed by atoms with Crippen LogP contribution in [-0.2, 0) is 35.3 Å². The first-order chi connectivity index (χ1) is 16.5. The van der Waals surface area contributed by atoms with Crippen molar-refractivity contribution in [2.24, 2.45) is 0 Å². The van der Waals surface area contributed by atoms with Gasteiger partial charge in [0.1, 0.15) is 0 Å². The highest BCUT2D eigenvalue weighted by Gasteiger charge is 2.37. The maximum atomic E-state index is 11.1. The molecule has 0 N–H and O–H groups in total. The zero-order valence-electron chi connectivity index (χ0n) is 23.8. The second kappa shape index (κ2) is 14.4. The van der Waals surface area contributed by atoms with E-state index in [9.17, 15) is 8.42 Å². The van der Waals surface area contributed by atoms with Gasteiger partial charge in [-0.2, -0.15) is 8.42 Å². The van der Waals surface area contributed by atoms with Crippen LogP contribution in [0.5, 0.6) is 0 Å². The van der Waals surface area contributed by atoms with Crippen molar-refractivity contribution in [3.63, 3.8) is 0 Å². The van der Waals surface area contributed by atoms with E-state index in [0.29, 0.717) is 12.0 Å². The molecule has 1 unspecified atom stereocenters. The molecule has 2 aromatic rings. The van der Waals surface area contributed by atoms with Crippen LogP contribution in [0.3, 0.4) is 0 Å². The van der Waals surface area contributed by atoms with Crippen molar-refractivity contribution in [1.29, 1.82) is 0 Å². The molecule has 0 aliphatic heterocycles. The third kappa shape index (κ3) is 13.7. The molecule has 0 heterocycles. The summed E-state index contributed by atoms with van der Waals surface area (Å²) in [5.41, 5.74) is 2.88. The topological polar surface area (TPSA) is 61.8 Å². The maximum Gasteiger partial charge on any atom is 0.264 e. The largest absolute Gasteiger partial charge is 0.417 e. The first-order valence-corrected chi connectivity index (χ1v) is 17.4. The van der Waals surface area contributed by atoms with Crippen LogP contribution in [0.25, 0.3) is 0 Å². The molecule has 204 valence electrons. The minimum absolute atomic E-state index is 0.0349. The highest BCUT2D eigenvalue weighted by molar-refractivity contribution is 7.85. The maximum absolute atomic E-state index is 11.1. The van der Waals surface area contributed by atoms with Crippen LogP contribution in [0.1, 0.15) is 59.1 Å². The number of hydrogen-bond acceptors (Lipinski definition) is 5. The van der Waals surface area contributed by atoms with Gasteiger partial charge in [-0.25, -0.2) is 0 Å². The Hall–Kier alpha value is -1.51. The molecule has 0 saturated carbocycles. The molecule has 0 radical (unpaired) electrons. The highest BCUT2D eigenvalue weighted by Crippen LogP contribution is 2.36. The van der Waals surface area contributed by atoms with Gasteiger partial charge in [0.15, 0.2) is 8.32 Å². The Balaban J connectivity index is 0.000000537. The fourth-order valence-corrected chi connectivity index (χ4v) is 4.55. The van der Waals surface area contributed by atoms with E-state index < -0.39 is 18.4 Å².